The molecule has 2 aromatic rings. The van der Waals surface area contributed by atoms with Crippen molar-refractivity contribution in [1.82, 2.24) is 5.32 Å². The molecule has 1 aliphatic rings. The van der Waals surface area contributed by atoms with Crippen LogP contribution in [-0.4, -0.2) is 13.2 Å². The van der Waals surface area contributed by atoms with Gasteiger partial charge in [-0.2, -0.15) is 0 Å². The summed E-state index contributed by atoms with van der Waals surface area (Å²) in [5.41, 5.74) is 2.40. The van der Waals surface area contributed by atoms with Crippen molar-refractivity contribution in [2.45, 2.75) is 25.8 Å². The van der Waals surface area contributed by atoms with Crippen LogP contribution in [0.2, 0.25) is 5.02 Å². The minimum absolute atomic E-state index is 0.167. The van der Waals surface area contributed by atoms with Gasteiger partial charge in [-0.15, -0.1) is 11.3 Å². The molecule has 3 rings (SSSR count). The van der Waals surface area contributed by atoms with E-state index in [1.165, 1.54) is 16.0 Å². The van der Waals surface area contributed by atoms with Crippen molar-refractivity contribution in [3.05, 3.63) is 50.7 Å². The predicted octanol–water partition coefficient (Wildman–Crippen LogP) is 4.43. The van der Waals surface area contributed by atoms with E-state index in [9.17, 15) is 0 Å². The summed E-state index contributed by atoms with van der Waals surface area (Å²) in [7, 11) is 0. The minimum Gasteiger partial charge on any atom is -0.493 e. The van der Waals surface area contributed by atoms with Gasteiger partial charge in [-0.05, 0) is 42.1 Å². The fourth-order valence-electron chi connectivity index (χ4n) is 2.62. The van der Waals surface area contributed by atoms with Gasteiger partial charge in [-0.3, -0.25) is 0 Å². The largest absolute Gasteiger partial charge is 0.493 e. The molecule has 2 heterocycles. The molecule has 0 amide bonds. The highest BCUT2D eigenvalue weighted by Gasteiger charge is 2.24. The van der Waals surface area contributed by atoms with Crippen molar-refractivity contribution in [3.8, 4) is 5.75 Å². The standard InChI is InChI=1S/C16H18ClNOS/c1-2-6-18-15(14-4-3-8-20-14)13-10-12(17)9-11-5-7-19-16(11)13/h3-4,8-10,15,18H,2,5-7H2,1H3. The Morgan fingerprint density at radius 1 is 1.45 bits per heavy atom. The Kier molecular flexibility index (Phi) is 4.29. The molecule has 20 heavy (non-hydrogen) atoms. The second kappa shape index (κ2) is 6.17. The van der Waals surface area contributed by atoms with E-state index in [4.69, 9.17) is 16.3 Å². The molecule has 1 aromatic heterocycles. The average Bonchev–Trinajstić information content (AvgIpc) is 3.09. The first-order valence-electron chi connectivity index (χ1n) is 7.01. The van der Waals surface area contributed by atoms with Crippen molar-refractivity contribution in [2.24, 2.45) is 0 Å². The maximum absolute atomic E-state index is 6.29. The minimum atomic E-state index is 0.167. The number of fused-ring (bicyclic) bond motifs is 1. The molecule has 2 nitrogen and oxygen atoms in total. The maximum atomic E-state index is 6.29. The molecule has 0 saturated heterocycles. The molecule has 4 heteroatoms. The van der Waals surface area contributed by atoms with E-state index in [0.29, 0.717) is 0 Å². The van der Waals surface area contributed by atoms with Gasteiger partial charge in [0.05, 0.1) is 12.6 Å². The number of hydrogen-bond donors (Lipinski definition) is 1. The number of benzene rings is 1. The Morgan fingerprint density at radius 3 is 3.10 bits per heavy atom. The van der Waals surface area contributed by atoms with Gasteiger partial charge >= 0.3 is 0 Å². The average molecular weight is 308 g/mol. The van der Waals surface area contributed by atoms with Crippen LogP contribution in [-0.2, 0) is 6.42 Å². The van der Waals surface area contributed by atoms with Crippen LogP contribution in [0.1, 0.15) is 35.4 Å². The summed E-state index contributed by atoms with van der Waals surface area (Å²) in [5.74, 6) is 1.02. The number of rotatable bonds is 5. The SMILES string of the molecule is CCCNC(c1cccs1)c1cc(Cl)cc2c1OCC2. The molecule has 1 aliphatic heterocycles. The molecule has 1 atom stereocenters. The van der Waals surface area contributed by atoms with Gasteiger partial charge in [0.2, 0.25) is 0 Å². The quantitative estimate of drug-likeness (QED) is 0.882. The fraction of sp³-hybridized carbons (Fsp3) is 0.375. The first-order chi connectivity index (χ1) is 9.79. The summed E-state index contributed by atoms with van der Waals surface area (Å²) < 4.78 is 5.85. The van der Waals surface area contributed by atoms with Crippen LogP contribution in [0.15, 0.2) is 29.6 Å². The highest BCUT2D eigenvalue weighted by atomic mass is 35.5. The zero-order chi connectivity index (χ0) is 13.9. The van der Waals surface area contributed by atoms with Crippen LogP contribution in [0.5, 0.6) is 5.75 Å². The van der Waals surface area contributed by atoms with Crippen LogP contribution in [0.4, 0.5) is 0 Å². The lowest BCUT2D eigenvalue weighted by Gasteiger charge is -2.20. The lowest BCUT2D eigenvalue weighted by molar-refractivity contribution is 0.350. The van der Waals surface area contributed by atoms with Gasteiger partial charge in [0.25, 0.3) is 0 Å². The zero-order valence-electron chi connectivity index (χ0n) is 11.5. The van der Waals surface area contributed by atoms with Crippen molar-refractivity contribution in [1.29, 1.82) is 0 Å². The lowest BCUT2D eigenvalue weighted by atomic mass is 10.0. The van der Waals surface area contributed by atoms with Gasteiger partial charge in [0, 0.05) is 21.9 Å². The molecule has 0 bridgehead atoms. The van der Waals surface area contributed by atoms with E-state index in [1.807, 2.05) is 12.1 Å². The molecule has 0 radical (unpaired) electrons. The van der Waals surface area contributed by atoms with Crippen molar-refractivity contribution >= 4 is 22.9 Å². The van der Waals surface area contributed by atoms with Gasteiger partial charge < -0.3 is 10.1 Å². The van der Waals surface area contributed by atoms with E-state index in [1.54, 1.807) is 11.3 Å². The van der Waals surface area contributed by atoms with Crippen molar-refractivity contribution in [3.63, 3.8) is 0 Å². The Morgan fingerprint density at radius 2 is 2.35 bits per heavy atom. The van der Waals surface area contributed by atoms with Crippen LogP contribution in [0.3, 0.4) is 0 Å². The Hall–Kier alpha value is -1.03. The van der Waals surface area contributed by atoms with E-state index in [2.05, 4.69) is 29.8 Å². The predicted molar refractivity (Wildman–Crippen MR) is 85.1 cm³/mol. The molecule has 0 fully saturated rings. The molecule has 1 unspecified atom stereocenters. The Bertz CT molecular complexity index is 582. The highest BCUT2D eigenvalue weighted by molar-refractivity contribution is 7.10. The van der Waals surface area contributed by atoms with Crippen LogP contribution < -0.4 is 10.1 Å². The number of nitrogens with one attached hydrogen (secondary N) is 1. The van der Waals surface area contributed by atoms with Crippen molar-refractivity contribution in [2.75, 3.05) is 13.2 Å². The summed E-state index contributed by atoms with van der Waals surface area (Å²) in [6.45, 7) is 3.91. The highest BCUT2D eigenvalue weighted by Crippen LogP contribution is 2.39. The smallest absolute Gasteiger partial charge is 0.127 e. The number of ether oxygens (including phenoxy) is 1. The summed E-state index contributed by atoms with van der Waals surface area (Å²) in [5, 5.41) is 6.52. The number of thiophene rings is 1. The van der Waals surface area contributed by atoms with E-state index >= 15 is 0 Å². The van der Waals surface area contributed by atoms with E-state index < -0.39 is 0 Å². The molecule has 1 N–H and O–H groups in total. The second-order valence-electron chi connectivity index (χ2n) is 4.98. The zero-order valence-corrected chi connectivity index (χ0v) is 13.1. The topological polar surface area (TPSA) is 21.3 Å². The molecule has 1 aromatic carbocycles. The molecule has 0 spiro atoms. The van der Waals surface area contributed by atoms with Gasteiger partial charge in [-0.1, -0.05) is 24.6 Å². The third kappa shape index (κ3) is 2.71. The van der Waals surface area contributed by atoms with E-state index in [-0.39, 0.29) is 6.04 Å². The van der Waals surface area contributed by atoms with Gasteiger partial charge in [-0.25, -0.2) is 0 Å². The maximum Gasteiger partial charge on any atom is 0.127 e. The summed E-state index contributed by atoms with van der Waals surface area (Å²) in [6, 6.07) is 8.49. The fourth-order valence-corrected chi connectivity index (χ4v) is 3.69. The summed E-state index contributed by atoms with van der Waals surface area (Å²) in [6.07, 6.45) is 2.05. The van der Waals surface area contributed by atoms with Crippen LogP contribution in [0, 0.1) is 0 Å². The molecule has 106 valence electrons. The van der Waals surface area contributed by atoms with Gasteiger partial charge in [0.1, 0.15) is 5.75 Å². The van der Waals surface area contributed by atoms with Crippen LogP contribution in [0.25, 0.3) is 0 Å². The monoisotopic (exact) mass is 307 g/mol. The summed E-state index contributed by atoms with van der Waals surface area (Å²) >= 11 is 8.05. The molecule has 0 aliphatic carbocycles. The first-order valence-corrected chi connectivity index (χ1v) is 8.27. The van der Waals surface area contributed by atoms with Crippen LogP contribution >= 0.6 is 22.9 Å². The summed E-state index contributed by atoms with van der Waals surface area (Å²) in [4.78, 5) is 1.30. The molecule has 0 saturated carbocycles. The van der Waals surface area contributed by atoms with Crippen molar-refractivity contribution < 1.29 is 4.74 Å². The van der Waals surface area contributed by atoms with E-state index in [0.717, 1.165) is 36.8 Å². The number of halogens is 1. The lowest BCUT2D eigenvalue weighted by Crippen LogP contribution is -2.23. The van der Waals surface area contributed by atoms with Gasteiger partial charge in [0.15, 0.2) is 0 Å². The first kappa shape index (κ1) is 13.9. The normalized spacial score (nSPS) is 14.9. The molecular formula is C16H18ClNOS. The number of hydrogen-bond acceptors (Lipinski definition) is 3. The third-order valence-electron chi connectivity index (χ3n) is 3.51. The Labute approximate surface area is 128 Å². The molecular weight excluding hydrogens is 290 g/mol. The second-order valence-corrected chi connectivity index (χ2v) is 6.40. The Balaban J connectivity index is 2.03. The third-order valence-corrected chi connectivity index (χ3v) is 4.67.